The minimum atomic E-state index is -0.208. The van der Waals surface area contributed by atoms with Crippen LogP contribution in [0.3, 0.4) is 0 Å². The molecule has 1 aromatic carbocycles. The molecule has 5 nitrogen and oxygen atoms in total. The van der Waals surface area contributed by atoms with E-state index in [0.29, 0.717) is 22.2 Å². The average molecular weight is 331 g/mol. The highest BCUT2D eigenvalue weighted by atomic mass is 35.5. The van der Waals surface area contributed by atoms with Gasteiger partial charge in [0.25, 0.3) is 5.91 Å². The zero-order chi connectivity index (χ0) is 16.4. The highest BCUT2D eigenvalue weighted by molar-refractivity contribution is 6.30. The maximum atomic E-state index is 12.5. The number of hydrogen-bond donors (Lipinski definition) is 1. The summed E-state index contributed by atoms with van der Waals surface area (Å²) >= 11 is 5.94. The molecule has 0 bridgehead atoms. The Kier molecular flexibility index (Phi) is 4.48. The van der Waals surface area contributed by atoms with Crippen LogP contribution in [0.4, 0.5) is 11.6 Å². The Morgan fingerprint density at radius 2 is 2.00 bits per heavy atom. The molecule has 0 saturated carbocycles. The largest absolute Gasteiger partial charge is 0.341 e. The predicted octanol–water partition coefficient (Wildman–Crippen LogP) is 3.60. The molecule has 0 spiro atoms. The lowest BCUT2D eigenvalue weighted by molar-refractivity contribution is 0.102. The van der Waals surface area contributed by atoms with Gasteiger partial charge in [0.2, 0.25) is 5.95 Å². The summed E-state index contributed by atoms with van der Waals surface area (Å²) < 4.78 is 0. The number of aryl methyl sites for hydroxylation is 2. The Labute approximate surface area is 140 Å². The molecule has 1 saturated heterocycles. The quantitative estimate of drug-likeness (QED) is 0.934. The molecule has 1 aromatic heterocycles. The third-order valence-electron chi connectivity index (χ3n) is 4.04. The first-order valence-electron chi connectivity index (χ1n) is 7.70. The maximum absolute atomic E-state index is 12.5. The van der Waals surface area contributed by atoms with E-state index < -0.39 is 0 Å². The van der Waals surface area contributed by atoms with Crippen molar-refractivity contribution in [1.29, 1.82) is 0 Å². The topological polar surface area (TPSA) is 58.1 Å². The lowest BCUT2D eigenvalue weighted by atomic mass is 10.1. The predicted molar refractivity (Wildman–Crippen MR) is 92.4 cm³/mol. The van der Waals surface area contributed by atoms with Crippen molar-refractivity contribution in [3.05, 3.63) is 46.2 Å². The summed E-state index contributed by atoms with van der Waals surface area (Å²) in [6, 6.07) is 5.37. The molecule has 1 fully saturated rings. The monoisotopic (exact) mass is 330 g/mol. The molecule has 6 heteroatoms. The minimum absolute atomic E-state index is 0.208. The molecule has 2 aromatic rings. The summed E-state index contributed by atoms with van der Waals surface area (Å²) in [5, 5.41) is 3.54. The third-order valence-corrected chi connectivity index (χ3v) is 4.27. The normalized spacial score (nSPS) is 14.1. The van der Waals surface area contributed by atoms with Crippen LogP contribution in [0.2, 0.25) is 5.02 Å². The van der Waals surface area contributed by atoms with E-state index in [1.54, 1.807) is 18.3 Å². The fraction of sp³-hybridized carbons (Fsp3) is 0.353. The highest BCUT2D eigenvalue weighted by Crippen LogP contribution is 2.21. The summed E-state index contributed by atoms with van der Waals surface area (Å²) in [7, 11) is 0. The molecule has 23 heavy (non-hydrogen) atoms. The van der Waals surface area contributed by atoms with E-state index in [9.17, 15) is 4.79 Å². The van der Waals surface area contributed by atoms with Crippen LogP contribution in [0.1, 0.15) is 34.5 Å². The highest BCUT2D eigenvalue weighted by Gasteiger charge is 2.18. The van der Waals surface area contributed by atoms with E-state index in [0.717, 1.165) is 24.3 Å². The number of aromatic nitrogens is 2. The number of anilines is 2. The molecular weight excluding hydrogens is 312 g/mol. The van der Waals surface area contributed by atoms with Crippen LogP contribution in [0.5, 0.6) is 0 Å². The molecule has 0 radical (unpaired) electrons. The summed E-state index contributed by atoms with van der Waals surface area (Å²) in [6.45, 7) is 5.70. The maximum Gasteiger partial charge on any atom is 0.259 e. The number of carbonyl (C=O) groups is 1. The molecule has 1 aliphatic heterocycles. The van der Waals surface area contributed by atoms with Gasteiger partial charge in [0.1, 0.15) is 0 Å². The van der Waals surface area contributed by atoms with Crippen molar-refractivity contribution >= 4 is 29.1 Å². The van der Waals surface area contributed by atoms with Gasteiger partial charge in [0.05, 0.1) is 11.3 Å². The smallest absolute Gasteiger partial charge is 0.259 e. The molecule has 3 rings (SSSR count). The number of nitrogens with zero attached hydrogens (tertiary/aromatic N) is 3. The van der Waals surface area contributed by atoms with E-state index in [4.69, 9.17) is 11.6 Å². The number of hydrogen-bond acceptors (Lipinski definition) is 4. The van der Waals surface area contributed by atoms with Crippen LogP contribution in [-0.4, -0.2) is 29.0 Å². The van der Waals surface area contributed by atoms with Crippen LogP contribution >= 0.6 is 11.6 Å². The van der Waals surface area contributed by atoms with Gasteiger partial charge in [-0.25, -0.2) is 9.97 Å². The summed E-state index contributed by atoms with van der Waals surface area (Å²) in [5.41, 5.74) is 2.83. The van der Waals surface area contributed by atoms with Crippen LogP contribution in [0, 0.1) is 13.8 Å². The van der Waals surface area contributed by atoms with Gasteiger partial charge in [-0.15, -0.1) is 0 Å². The van der Waals surface area contributed by atoms with Gasteiger partial charge in [0.15, 0.2) is 0 Å². The van der Waals surface area contributed by atoms with Crippen LogP contribution in [-0.2, 0) is 0 Å². The second-order valence-corrected chi connectivity index (χ2v) is 6.21. The SMILES string of the molecule is Cc1cc(Cl)ccc1NC(=O)c1cnc(N2CCCC2)nc1C. The fourth-order valence-electron chi connectivity index (χ4n) is 2.70. The first-order chi connectivity index (χ1) is 11.0. The Hall–Kier alpha value is -2.14. The van der Waals surface area contributed by atoms with Gasteiger partial charge in [-0.1, -0.05) is 11.6 Å². The van der Waals surface area contributed by atoms with Crippen LogP contribution < -0.4 is 10.2 Å². The number of rotatable bonds is 3. The van der Waals surface area contributed by atoms with Crippen molar-refractivity contribution in [2.24, 2.45) is 0 Å². The molecule has 2 heterocycles. The van der Waals surface area contributed by atoms with E-state index in [2.05, 4.69) is 20.2 Å². The second kappa shape index (κ2) is 6.54. The second-order valence-electron chi connectivity index (χ2n) is 5.78. The van der Waals surface area contributed by atoms with Crippen molar-refractivity contribution in [1.82, 2.24) is 9.97 Å². The van der Waals surface area contributed by atoms with E-state index in [1.807, 2.05) is 19.9 Å². The van der Waals surface area contributed by atoms with Gasteiger partial charge in [0, 0.05) is 30.0 Å². The Morgan fingerprint density at radius 3 is 2.65 bits per heavy atom. The van der Waals surface area contributed by atoms with Crippen molar-refractivity contribution in [3.63, 3.8) is 0 Å². The summed E-state index contributed by atoms with van der Waals surface area (Å²) in [4.78, 5) is 23.5. The Bertz CT molecular complexity index is 741. The number of halogens is 1. The summed E-state index contributed by atoms with van der Waals surface area (Å²) in [6.07, 6.45) is 3.94. The van der Waals surface area contributed by atoms with Gasteiger partial charge in [-0.3, -0.25) is 4.79 Å². The molecule has 1 aliphatic rings. The Morgan fingerprint density at radius 1 is 1.26 bits per heavy atom. The van der Waals surface area contributed by atoms with Crippen molar-refractivity contribution < 1.29 is 4.79 Å². The zero-order valence-electron chi connectivity index (χ0n) is 13.3. The summed E-state index contributed by atoms with van der Waals surface area (Å²) in [5.74, 6) is 0.500. The molecule has 1 N–H and O–H groups in total. The van der Waals surface area contributed by atoms with E-state index in [-0.39, 0.29) is 5.91 Å². The first-order valence-corrected chi connectivity index (χ1v) is 8.08. The minimum Gasteiger partial charge on any atom is -0.341 e. The van der Waals surface area contributed by atoms with Gasteiger partial charge in [-0.05, 0) is 50.5 Å². The van der Waals surface area contributed by atoms with Gasteiger partial charge < -0.3 is 10.2 Å². The number of amides is 1. The third kappa shape index (κ3) is 3.45. The van der Waals surface area contributed by atoms with Crippen molar-refractivity contribution in [2.45, 2.75) is 26.7 Å². The molecule has 0 atom stereocenters. The molecule has 1 amide bonds. The van der Waals surface area contributed by atoms with Crippen molar-refractivity contribution in [2.75, 3.05) is 23.3 Å². The number of benzene rings is 1. The molecule has 0 aliphatic carbocycles. The first kappa shape index (κ1) is 15.7. The van der Waals surface area contributed by atoms with E-state index >= 15 is 0 Å². The Balaban J connectivity index is 1.79. The lowest BCUT2D eigenvalue weighted by Gasteiger charge is -2.16. The molecule has 0 unspecified atom stereocenters. The average Bonchev–Trinajstić information content (AvgIpc) is 3.04. The van der Waals surface area contributed by atoms with Crippen LogP contribution in [0.25, 0.3) is 0 Å². The zero-order valence-corrected chi connectivity index (χ0v) is 14.0. The van der Waals surface area contributed by atoms with Crippen molar-refractivity contribution in [3.8, 4) is 0 Å². The van der Waals surface area contributed by atoms with Crippen LogP contribution in [0.15, 0.2) is 24.4 Å². The van der Waals surface area contributed by atoms with Gasteiger partial charge in [-0.2, -0.15) is 0 Å². The van der Waals surface area contributed by atoms with Gasteiger partial charge >= 0.3 is 0 Å². The molecular formula is C17H19ClN4O. The number of nitrogens with one attached hydrogen (secondary N) is 1. The standard InChI is InChI=1S/C17H19ClN4O/c1-11-9-13(18)5-6-15(11)21-16(23)14-10-19-17(20-12(14)2)22-7-3-4-8-22/h5-6,9-10H,3-4,7-8H2,1-2H3,(H,21,23). The lowest BCUT2D eigenvalue weighted by Crippen LogP contribution is -2.22. The fourth-order valence-corrected chi connectivity index (χ4v) is 2.93. The number of carbonyl (C=O) groups excluding carboxylic acids is 1. The molecule has 120 valence electrons. The van der Waals surface area contributed by atoms with E-state index in [1.165, 1.54) is 12.8 Å².